The largest absolute Gasteiger partial charge is 0.352 e. The highest BCUT2D eigenvalue weighted by molar-refractivity contribution is 6.42. The topological polar surface area (TPSA) is 42.0 Å². The van der Waals surface area contributed by atoms with E-state index in [0.29, 0.717) is 27.8 Å². The normalized spacial score (nSPS) is 10.8. The van der Waals surface area contributed by atoms with Gasteiger partial charge < -0.3 is 5.32 Å². The molecule has 3 nitrogen and oxygen atoms in total. The van der Waals surface area contributed by atoms with Crippen molar-refractivity contribution in [1.29, 1.82) is 0 Å². The number of hydrogen-bond acceptors (Lipinski definition) is 2. The van der Waals surface area contributed by atoms with Crippen molar-refractivity contribution in [2.45, 2.75) is 19.8 Å². The summed E-state index contributed by atoms with van der Waals surface area (Å²) in [6, 6.07) is 14.8. The molecule has 0 bridgehead atoms. The molecule has 1 heterocycles. The first-order valence-corrected chi connectivity index (χ1v) is 8.99. The van der Waals surface area contributed by atoms with Crippen molar-refractivity contribution in [3.05, 3.63) is 64.1 Å². The summed E-state index contributed by atoms with van der Waals surface area (Å²) < 4.78 is 0. The summed E-state index contributed by atoms with van der Waals surface area (Å²) in [6.07, 6.45) is 1.99. The standard InChI is InChI=1S/C20H18Cl2N2O/c1-2-3-10-23-20(25)15-12-19(13-8-9-16(21)17(22)11-13)24-18-7-5-4-6-14(15)18/h4-9,11-12H,2-3,10H2,1H3,(H,23,25). The number of carbonyl (C=O) groups is 1. The zero-order valence-electron chi connectivity index (χ0n) is 13.9. The number of unbranched alkanes of at least 4 members (excludes halogenated alkanes) is 1. The molecule has 25 heavy (non-hydrogen) atoms. The van der Waals surface area contributed by atoms with E-state index in [1.165, 1.54) is 0 Å². The molecule has 0 spiro atoms. The van der Waals surface area contributed by atoms with E-state index >= 15 is 0 Å². The first-order chi connectivity index (χ1) is 12.1. The minimum Gasteiger partial charge on any atom is -0.352 e. The SMILES string of the molecule is CCCCNC(=O)c1cc(-c2ccc(Cl)c(Cl)c2)nc2ccccc12. The Balaban J connectivity index is 2.08. The van der Waals surface area contributed by atoms with Gasteiger partial charge in [0.15, 0.2) is 0 Å². The molecular formula is C20H18Cl2N2O. The fourth-order valence-corrected chi connectivity index (χ4v) is 2.94. The van der Waals surface area contributed by atoms with Crippen LogP contribution in [0.3, 0.4) is 0 Å². The van der Waals surface area contributed by atoms with Gasteiger partial charge in [0.2, 0.25) is 0 Å². The lowest BCUT2D eigenvalue weighted by Crippen LogP contribution is -2.24. The van der Waals surface area contributed by atoms with Crippen LogP contribution in [0.25, 0.3) is 22.2 Å². The van der Waals surface area contributed by atoms with Crippen LogP contribution in [0.15, 0.2) is 48.5 Å². The molecule has 0 saturated carbocycles. The van der Waals surface area contributed by atoms with E-state index in [2.05, 4.69) is 17.2 Å². The Bertz CT molecular complexity index is 925. The van der Waals surface area contributed by atoms with Crippen molar-refractivity contribution < 1.29 is 4.79 Å². The molecule has 1 amide bonds. The van der Waals surface area contributed by atoms with Gasteiger partial charge >= 0.3 is 0 Å². The van der Waals surface area contributed by atoms with Crippen molar-refractivity contribution in [2.24, 2.45) is 0 Å². The average Bonchev–Trinajstić information content (AvgIpc) is 2.63. The van der Waals surface area contributed by atoms with E-state index in [0.717, 1.165) is 29.3 Å². The van der Waals surface area contributed by atoms with Gasteiger partial charge in [-0.3, -0.25) is 4.79 Å². The summed E-state index contributed by atoms with van der Waals surface area (Å²) in [7, 11) is 0. The first-order valence-electron chi connectivity index (χ1n) is 8.23. The molecule has 0 atom stereocenters. The highest BCUT2D eigenvalue weighted by Gasteiger charge is 2.14. The van der Waals surface area contributed by atoms with Gasteiger partial charge in [-0.05, 0) is 30.7 Å². The second kappa shape index (κ2) is 7.85. The molecule has 2 aromatic carbocycles. The second-order valence-corrected chi connectivity index (χ2v) is 6.62. The monoisotopic (exact) mass is 372 g/mol. The van der Waals surface area contributed by atoms with Crippen LogP contribution in [-0.4, -0.2) is 17.4 Å². The summed E-state index contributed by atoms with van der Waals surface area (Å²) in [5.41, 5.74) is 2.90. The number of hydrogen-bond donors (Lipinski definition) is 1. The van der Waals surface area contributed by atoms with Crippen LogP contribution in [0.1, 0.15) is 30.1 Å². The van der Waals surface area contributed by atoms with Crippen LogP contribution in [0, 0.1) is 0 Å². The summed E-state index contributed by atoms with van der Waals surface area (Å²) in [5, 5.41) is 4.76. The molecule has 3 aromatic rings. The van der Waals surface area contributed by atoms with Gasteiger partial charge in [-0.2, -0.15) is 0 Å². The molecular weight excluding hydrogens is 355 g/mol. The first kappa shape index (κ1) is 17.7. The lowest BCUT2D eigenvalue weighted by Gasteiger charge is -2.11. The molecule has 0 radical (unpaired) electrons. The summed E-state index contributed by atoms with van der Waals surface area (Å²) >= 11 is 12.1. The lowest BCUT2D eigenvalue weighted by atomic mass is 10.0. The highest BCUT2D eigenvalue weighted by atomic mass is 35.5. The fraction of sp³-hybridized carbons (Fsp3) is 0.200. The third-order valence-corrected chi connectivity index (χ3v) is 4.73. The van der Waals surface area contributed by atoms with E-state index in [-0.39, 0.29) is 5.91 Å². The molecule has 0 aliphatic rings. The lowest BCUT2D eigenvalue weighted by molar-refractivity contribution is 0.0955. The van der Waals surface area contributed by atoms with Crippen LogP contribution in [0.2, 0.25) is 10.0 Å². The highest BCUT2D eigenvalue weighted by Crippen LogP contribution is 2.30. The molecule has 128 valence electrons. The Kier molecular flexibility index (Phi) is 5.57. The maximum atomic E-state index is 12.7. The van der Waals surface area contributed by atoms with Crippen LogP contribution in [0.5, 0.6) is 0 Å². The van der Waals surface area contributed by atoms with Crippen LogP contribution in [0.4, 0.5) is 0 Å². The Morgan fingerprint density at radius 3 is 2.64 bits per heavy atom. The van der Waals surface area contributed by atoms with E-state index in [4.69, 9.17) is 23.2 Å². The summed E-state index contributed by atoms with van der Waals surface area (Å²) in [4.78, 5) is 17.3. The predicted octanol–water partition coefficient (Wildman–Crippen LogP) is 5.74. The number of amides is 1. The second-order valence-electron chi connectivity index (χ2n) is 5.81. The van der Waals surface area contributed by atoms with Crippen LogP contribution < -0.4 is 5.32 Å². The molecule has 0 aliphatic heterocycles. The van der Waals surface area contributed by atoms with Crippen LogP contribution in [-0.2, 0) is 0 Å². The van der Waals surface area contributed by atoms with Crippen molar-refractivity contribution in [2.75, 3.05) is 6.54 Å². The molecule has 0 unspecified atom stereocenters. The zero-order chi connectivity index (χ0) is 17.8. The molecule has 5 heteroatoms. The fourth-order valence-electron chi connectivity index (χ4n) is 2.64. The van der Waals surface area contributed by atoms with Gasteiger partial charge in [-0.25, -0.2) is 4.98 Å². The number of benzene rings is 2. The van der Waals surface area contributed by atoms with Crippen molar-refractivity contribution in [3.63, 3.8) is 0 Å². The Hall–Kier alpha value is -2.10. The zero-order valence-corrected chi connectivity index (χ0v) is 15.4. The Morgan fingerprint density at radius 1 is 1.08 bits per heavy atom. The number of aromatic nitrogens is 1. The number of halogens is 2. The van der Waals surface area contributed by atoms with E-state index in [1.54, 1.807) is 12.1 Å². The maximum Gasteiger partial charge on any atom is 0.252 e. The minimum atomic E-state index is -0.0895. The quantitative estimate of drug-likeness (QED) is 0.580. The van der Waals surface area contributed by atoms with Gasteiger partial charge in [0.25, 0.3) is 5.91 Å². The molecule has 0 fully saturated rings. The van der Waals surface area contributed by atoms with Crippen molar-refractivity contribution >= 4 is 40.0 Å². The Labute approximate surface area is 157 Å². The molecule has 0 saturated heterocycles. The number of pyridine rings is 1. The smallest absolute Gasteiger partial charge is 0.252 e. The van der Waals surface area contributed by atoms with Gasteiger partial charge in [-0.1, -0.05) is 60.8 Å². The van der Waals surface area contributed by atoms with Gasteiger partial charge in [0.05, 0.1) is 26.8 Å². The summed E-state index contributed by atoms with van der Waals surface area (Å²) in [6.45, 7) is 2.75. The molecule has 0 aliphatic carbocycles. The number of carbonyl (C=O) groups excluding carboxylic acids is 1. The molecule has 3 rings (SSSR count). The summed E-state index contributed by atoms with van der Waals surface area (Å²) in [5.74, 6) is -0.0895. The number of rotatable bonds is 5. The van der Waals surface area contributed by atoms with E-state index < -0.39 is 0 Å². The van der Waals surface area contributed by atoms with E-state index in [1.807, 2.05) is 36.4 Å². The Morgan fingerprint density at radius 2 is 1.88 bits per heavy atom. The number of nitrogens with one attached hydrogen (secondary N) is 1. The minimum absolute atomic E-state index is 0.0895. The molecule has 1 aromatic heterocycles. The maximum absolute atomic E-state index is 12.7. The van der Waals surface area contributed by atoms with Gasteiger partial charge in [0, 0.05) is 17.5 Å². The van der Waals surface area contributed by atoms with Crippen LogP contribution >= 0.6 is 23.2 Å². The number of para-hydroxylation sites is 1. The number of nitrogens with zero attached hydrogens (tertiary/aromatic N) is 1. The van der Waals surface area contributed by atoms with Gasteiger partial charge in [0.1, 0.15) is 0 Å². The van der Waals surface area contributed by atoms with Gasteiger partial charge in [-0.15, -0.1) is 0 Å². The average molecular weight is 373 g/mol. The predicted molar refractivity (Wildman–Crippen MR) is 104 cm³/mol. The third kappa shape index (κ3) is 3.94. The third-order valence-electron chi connectivity index (χ3n) is 3.99. The van der Waals surface area contributed by atoms with E-state index in [9.17, 15) is 4.79 Å². The van der Waals surface area contributed by atoms with Crippen molar-refractivity contribution in [3.8, 4) is 11.3 Å². The number of fused-ring (bicyclic) bond motifs is 1. The van der Waals surface area contributed by atoms with Crippen molar-refractivity contribution in [1.82, 2.24) is 10.3 Å². The molecule has 1 N–H and O–H groups in total.